The fourth-order valence-corrected chi connectivity index (χ4v) is 10.5. The van der Waals surface area contributed by atoms with Crippen LogP contribution in [-0.4, -0.2) is 24.1 Å². The smallest absolute Gasteiger partial charge is 0.164 e. The number of hydrogen-bond donors (Lipinski definition) is 0. The van der Waals surface area contributed by atoms with Crippen LogP contribution in [0.1, 0.15) is 0 Å². The van der Waals surface area contributed by atoms with E-state index in [9.17, 15) is 0 Å². The Bertz CT molecular complexity index is 4320. The summed E-state index contributed by atoms with van der Waals surface area (Å²) in [5, 5.41) is 12.0. The molecule has 0 aliphatic heterocycles. The van der Waals surface area contributed by atoms with Crippen LogP contribution in [0.3, 0.4) is 0 Å². The molecule has 5 heteroatoms. The molecule has 0 saturated carbocycles. The van der Waals surface area contributed by atoms with E-state index in [1.807, 2.05) is 24.3 Å². The molecule has 0 aliphatic carbocycles. The number of nitrogens with zero attached hydrogens (tertiary/aromatic N) is 5. The van der Waals surface area contributed by atoms with Crippen molar-refractivity contribution in [2.45, 2.75) is 0 Å². The minimum Gasteiger partial charge on any atom is -0.309 e. The van der Waals surface area contributed by atoms with Crippen LogP contribution >= 0.6 is 0 Å². The highest BCUT2D eigenvalue weighted by Crippen LogP contribution is 2.42. The third-order valence-corrected chi connectivity index (χ3v) is 13.7. The van der Waals surface area contributed by atoms with Gasteiger partial charge in [0.15, 0.2) is 17.5 Å². The van der Waals surface area contributed by atoms with Gasteiger partial charge in [0.2, 0.25) is 0 Å². The standard InChI is InChI=1S/C63H39N5/c1-3-16-40(17-4-1)43-24-15-25-47(34-43)62-64-61(42-19-5-2-6-20-42)65-63(66-62)48-35-46-23-10-11-26-50(46)57(38-48)68-58-37-45-22-8-7-21-44(45)36-54(58)52-32-31-49(39-59(52)68)67-55-29-14-13-28-53(55)60-51-27-12-9-18-41(51)30-33-56(60)67/h1-39H. The van der Waals surface area contributed by atoms with Crippen LogP contribution in [0.4, 0.5) is 0 Å². The first kappa shape index (κ1) is 38.1. The Morgan fingerprint density at radius 2 is 0.838 bits per heavy atom. The van der Waals surface area contributed by atoms with E-state index in [2.05, 4.69) is 221 Å². The molecule has 0 unspecified atom stereocenters. The van der Waals surface area contributed by atoms with E-state index in [-0.39, 0.29) is 0 Å². The number of aromatic nitrogens is 5. The lowest BCUT2D eigenvalue weighted by Gasteiger charge is -2.16. The van der Waals surface area contributed by atoms with Gasteiger partial charge in [-0.3, -0.25) is 0 Å². The van der Waals surface area contributed by atoms with E-state index in [4.69, 9.17) is 15.0 Å². The Labute approximate surface area is 391 Å². The maximum atomic E-state index is 5.32. The second kappa shape index (κ2) is 15.2. The van der Waals surface area contributed by atoms with Gasteiger partial charge in [-0.05, 0) is 92.7 Å². The van der Waals surface area contributed by atoms with Crippen LogP contribution in [0.25, 0.3) is 133 Å². The Morgan fingerprint density at radius 1 is 0.250 bits per heavy atom. The molecule has 68 heavy (non-hydrogen) atoms. The fraction of sp³-hybridized carbons (Fsp3) is 0. The summed E-state index contributed by atoms with van der Waals surface area (Å²) < 4.78 is 4.91. The van der Waals surface area contributed by atoms with Gasteiger partial charge >= 0.3 is 0 Å². The highest BCUT2D eigenvalue weighted by atomic mass is 15.0. The van der Waals surface area contributed by atoms with E-state index in [1.54, 1.807) is 0 Å². The Balaban J connectivity index is 1.04. The monoisotopic (exact) mass is 865 g/mol. The lowest BCUT2D eigenvalue weighted by molar-refractivity contribution is 1.07. The zero-order valence-corrected chi connectivity index (χ0v) is 36.8. The van der Waals surface area contributed by atoms with Gasteiger partial charge in [0.1, 0.15) is 0 Å². The highest BCUT2D eigenvalue weighted by molar-refractivity contribution is 6.22. The van der Waals surface area contributed by atoms with Crippen LogP contribution in [0.2, 0.25) is 0 Å². The molecule has 0 amide bonds. The van der Waals surface area contributed by atoms with Crippen molar-refractivity contribution in [2.75, 3.05) is 0 Å². The van der Waals surface area contributed by atoms with E-state index >= 15 is 0 Å². The third-order valence-electron chi connectivity index (χ3n) is 13.7. The molecule has 14 rings (SSSR count). The normalized spacial score (nSPS) is 11.8. The molecular formula is C63H39N5. The number of rotatable bonds is 6. The average Bonchev–Trinajstić information content (AvgIpc) is 3.92. The molecule has 0 fully saturated rings. The molecule has 0 radical (unpaired) electrons. The molecular weight excluding hydrogens is 827 g/mol. The Kier molecular flexibility index (Phi) is 8.52. The molecule has 5 nitrogen and oxygen atoms in total. The lowest BCUT2D eigenvalue weighted by atomic mass is 10.0. The van der Waals surface area contributed by atoms with Crippen LogP contribution in [-0.2, 0) is 0 Å². The predicted molar refractivity (Wildman–Crippen MR) is 283 cm³/mol. The second-order valence-electron chi connectivity index (χ2n) is 17.6. The molecule has 316 valence electrons. The molecule has 0 atom stereocenters. The predicted octanol–water partition coefficient (Wildman–Crippen LogP) is 16.2. The van der Waals surface area contributed by atoms with Gasteiger partial charge in [0.05, 0.1) is 27.8 Å². The Hall–Kier alpha value is -9.19. The summed E-state index contributed by atoms with van der Waals surface area (Å²) >= 11 is 0. The second-order valence-corrected chi connectivity index (χ2v) is 17.6. The average molecular weight is 866 g/mol. The van der Waals surface area contributed by atoms with Crippen molar-refractivity contribution in [3.8, 4) is 56.7 Å². The van der Waals surface area contributed by atoms with E-state index in [1.165, 1.54) is 54.1 Å². The zero-order valence-electron chi connectivity index (χ0n) is 36.8. The summed E-state index contributed by atoms with van der Waals surface area (Å²) in [6.07, 6.45) is 0. The van der Waals surface area contributed by atoms with Gasteiger partial charge < -0.3 is 9.13 Å². The summed E-state index contributed by atoms with van der Waals surface area (Å²) in [7, 11) is 0. The van der Waals surface area contributed by atoms with Gasteiger partial charge in [-0.15, -0.1) is 0 Å². The molecule has 11 aromatic carbocycles. The topological polar surface area (TPSA) is 48.5 Å². The van der Waals surface area contributed by atoms with Gasteiger partial charge in [0.25, 0.3) is 0 Å². The minimum atomic E-state index is 0.607. The lowest BCUT2D eigenvalue weighted by Crippen LogP contribution is -2.02. The molecule has 0 aliphatic rings. The van der Waals surface area contributed by atoms with Crippen molar-refractivity contribution >= 4 is 75.9 Å². The first-order valence-corrected chi connectivity index (χ1v) is 23.1. The fourth-order valence-electron chi connectivity index (χ4n) is 10.5. The van der Waals surface area contributed by atoms with Gasteiger partial charge in [-0.25, -0.2) is 15.0 Å². The summed E-state index contributed by atoms with van der Waals surface area (Å²) in [4.78, 5) is 15.7. The van der Waals surface area contributed by atoms with Crippen LogP contribution in [0.5, 0.6) is 0 Å². The van der Waals surface area contributed by atoms with Crippen LogP contribution in [0, 0.1) is 0 Å². The molecule has 0 N–H and O–H groups in total. The maximum absolute atomic E-state index is 5.32. The molecule has 3 heterocycles. The van der Waals surface area contributed by atoms with E-state index < -0.39 is 0 Å². The SMILES string of the molecule is c1ccc(-c2cccc(-c3nc(-c4ccccc4)nc(-c4cc(-n5c6cc(-n7c8ccccc8c8c9ccccc9ccc87)ccc6c6cc7ccccc7cc65)c5ccccc5c4)n3)c2)cc1. The van der Waals surface area contributed by atoms with Crippen molar-refractivity contribution in [1.82, 2.24) is 24.1 Å². The van der Waals surface area contributed by atoms with E-state index in [0.717, 1.165) is 61.0 Å². The van der Waals surface area contributed by atoms with Crippen LogP contribution < -0.4 is 0 Å². The van der Waals surface area contributed by atoms with Crippen molar-refractivity contribution in [2.24, 2.45) is 0 Å². The third kappa shape index (κ3) is 6.06. The number of benzene rings is 11. The zero-order chi connectivity index (χ0) is 44.7. The summed E-state index contributed by atoms with van der Waals surface area (Å²) in [6, 6.07) is 84.8. The van der Waals surface area contributed by atoms with Crippen LogP contribution in [0.15, 0.2) is 237 Å². The Morgan fingerprint density at radius 3 is 1.63 bits per heavy atom. The maximum Gasteiger partial charge on any atom is 0.164 e. The summed E-state index contributed by atoms with van der Waals surface area (Å²) in [5.74, 6) is 1.85. The van der Waals surface area contributed by atoms with Crippen molar-refractivity contribution < 1.29 is 0 Å². The first-order chi connectivity index (χ1) is 33.7. The molecule has 0 spiro atoms. The quantitative estimate of drug-likeness (QED) is 0.167. The number of fused-ring (bicyclic) bond motifs is 10. The molecule has 0 bridgehead atoms. The van der Waals surface area contributed by atoms with Gasteiger partial charge in [0, 0.05) is 49.3 Å². The van der Waals surface area contributed by atoms with Gasteiger partial charge in [-0.2, -0.15) is 0 Å². The number of hydrogen-bond acceptors (Lipinski definition) is 3. The van der Waals surface area contributed by atoms with Crippen molar-refractivity contribution in [3.63, 3.8) is 0 Å². The molecule has 3 aromatic heterocycles. The minimum absolute atomic E-state index is 0.607. The van der Waals surface area contributed by atoms with Crippen molar-refractivity contribution in [1.29, 1.82) is 0 Å². The number of para-hydroxylation sites is 1. The van der Waals surface area contributed by atoms with E-state index in [0.29, 0.717) is 17.5 Å². The molecule has 0 saturated heterocycles. The summed E-state index contributed by atoms with van der Waals surface area (Å²) in [6.45, 7) is 0. The largest absolute Gasteiger partial charge is 0.309 e. The highest BCUT2D eigenvalue weighted by Gasteiger charge is 2.21. The van der Waals surface area contributed by atoms with Gasteiger partial charge in [-0.1, -0.05) is 182 Å². The molecule has 14 aromatic rings. The first-order valence-electron chi connectivity index (χ1n) is 23.1. The van der Waals surface area contributed by atoms with Crippen molar-refractivity contribution in [3.05, 3.63) is 237 Å². The summed E-state index contributed by atoms with van der Waals surface area (Å²) in [5.41, 5.74) is 11.7.